The minimum Gasteiger partial charge on any atom is -0.481 e. The normalized spacial score (nSPS) is 23.3. The number of amides is 1. The van der Waals surface area contributed by atoms with E-state index in [9.17, 15) is 19.1 Å². The number of benzene rings is 2. The molecule has 2 N–H and O–H groups in total. The lowest BCUT2D eigenvalue weighted by Crippen LogP contribution is -2.43. The van der Waals surface area contributed by atoms with Crippen LogP contribution in [-0.2, 0) is 20.7 Å². The molecule has 10 heteroatoms. The quantitative estimate of drug-likeness (QED) is 0.375. The molecule has 2 heterocycles. The third kappa shape index (κ3) is 5.90. The van der Waals surface area contributed by atoms with Crippen molar-refractivity contribution >= 4 is 34.7 Å². The second-order valence-electron chi connectivity index (χ2n) is 10.7. The van der Waals surface area contributed by atoms with Gasteiger partial charge in [-0.05, 0) is 76.1 Å². The molecule has 0 bridgehead atoms. The number of nitrogens with zero attached hydrogens (tertiary/aromatic N) is 2. The highest BCUT2D eigenvalue weighted by molar-refractivity contribution is 5.83. The Morgan fingerprint density at radius 2 is 1.90 bits per heavy atom. The lowest BCUT2D eigenvalue weighted by atomic mass is 9.87. The van der Waals surface area contributed by atoms with E-state index < -0.39 is 17.6 Å². The number of anilines is 2. The minimum atomic E-state index is -0.750. The van der Waals surface area contributed by atoms with E-state index in [0.29, 0.717) is 43.5 Å². The van der Waals surface area contributed by atoms with E-state index in [2.05, 4.69) is 10.3 Å². The number of aromatic nitrogens is 1. The first-order valence-corrected chi connectivity index (χ1v) is 13.5. The van der Waals surface area contributed by atoms with E-state index in [1.807, 2.05) is 6.92 Å². The zero-order valence-electron chi connectivity index (χ0n) is 22.1. The predicted molar refractivity (Wildman–Crippen MR) is 141 cm³/mol. The third-order valence-electron chi connectivity index (χ3n) is 7.98. The molecule has 1 saturated carbocycles. The Balaban J connectivity index is 1.24. The van der Waals surface area contributed by atoms with E-state index >= 15 is 4.39 Å². The second-order valence-corrected chi connectivity index (χ2v) is 10.7. The maximum absolute atomic E-state index is 15.4. The summed E-state index contributed by atoms with van der Waals surface area (Å²) < 4.78 is 40.8. The molecule has 2 aliphatic rings. The average Bonchev–Trinajstić information content (AvgIpc) is 3.50. The van der Waals surface area contributed by atoms with E-state index in [0.717, 1.165) is 18.4 Å². The molecule has 2 aromatic carbocycles. The Labute approximate surface area is 225 Å². The first kappa shape index (κ1) is 27.1. The Kier molecular flexibility index (Phi) is 7.83. The minimum absolute atomic E-state index is 0.00117. The Morgan fingerprint density at radius 1 is 1.13 bits per heavy atom. The van der Waals surface area contributed by atoms with Crippen LogP contribution in [0.1, 0.15) is 56.6 Å². The zero-order valence-corrected chi connectivity index (χ0v) is 22.1. The summed E-state index contributed by atoms with van der Waals surface area (Å²) in [6.45, 7) is 4.17. The van der Waals surface area contributed by atoms with Crippen LogP contribution >= 0.6 is 0 Å². The smallest absolute Gasteiger partial charge is 0.306 e. The molecule has 3 aromatic rings. The van der Waals surface area contributed by atoms with Crippen LogP contribution in [0.25, 0.3) is 11.1 Å². The largest absolute Gasteiger partial charge is 0.481 e. The predicted octanol–water partition coefficient (Wildman–Crippen LogP) is 5.74. The monoisotopic (exact) mass is 541 g/mol. The molecule has 0 unspecified atom stereocenters. The van der Waals surface area contributed by atoms with Crippen LogP contribution in [0.5, 0.6) is 0 Å². The van der Waals surface area contributed by atoms with Gasteiger partial charge in [-0.3, -0.25) is 9.59 Å². The topological polar surface area (TPSA) is 105 Å². The van der Waals surface area contributed by atoms with Gasteiger partial charge in [0.2, 0.25) is 5.91 Å². The van der Waals surface area contributed by atoms with Crippen molar-refractivity contribution in [3.8, 4) is 0 Å². The van der Waals surface area contributed by atoms with Crippen LogP contribution in [0, 0.1) is 24.5 Å². The number of likely N-dealkylation sites (tertiary alicyclic amines) is 1. The molecule has 8 nitrogen and oxygen atoms in total. The van der Waals surface area contributed by atoms with E-state index in [4.69, 9.17) is 9.15 Å². The fraction of sp³-hybridized carbons (Fsp3) is 0.483. The number of rotatable bonds is 8. The SMILES string of the molecule is Cc1ccc(F)cc1Nc1nc2ccc(CC(=O)N3[C@H](COC4CCC(C(=O)O)CC4)CC[C@@H]3C)c(F)c2o1. The third-order valence-corrected chi connectivity index (χ3v) is 7.98. The van der Waals surface area contributed by atoms with Crippen LogP contribution in [0.15, 0.2) is 34.7 Å². The molecule has 0 radical (unpaired) electrons. The second kappa shape index (κ2) is 11.3. The summed E-state index contributed by atoms with van der Waals surface area (Å²) >= 11 is 0. The molecule has 208 valence electrons. The Morgan fingerprint density at radius 3 is 2.64 bits per heavy atom. The van der Waals surface area contributed by atoms with Crippen molar-refractivity contribution in [2.45, 2.75) is 77.0 Å². The fourth-order valence-electron chi connectivity index (χ4n) is 5.70. The van der Waals surface area contributed by atoms with Gasteiger partial charge < -0.3 is 24.5 Å². The van der Waals surface area contributed by atoms with E-state index in [-0.39, 0.29) is 53.6 Å². The van der Waals surface area contributed by atoms with Crippen molar-refractivity contribution < 1.29 is 32.6 Å². The van der Waals surface area contributed by atoms with Gasteiger partial charge >= 0.3 is 5.97 Å². The average molecular weight is 542 g/mol. The van der Waals surface area contributed by atoms with Gasteiger partial charge in [0.25, 0.3) is 6.01 Å². The number of aliphatic carboxylic acids is 1. The molecule has 1 saturated heterocycles. The number of aryl methyl sites for hydroxylation is 1. The van der Waals surface area contributed by atoms with Crippen molar-refractivity contribution in [3.05, 3.63) is 53.1 Å². The number of hydrogen-bond acceptors (Lipinski definition) is 6. The number of carboxylic acids is 1. The first-order valence-electron chi connectivity index (χ1n) is 13.5. The van der Waals surface area contributed by atoms with Gasteiger partial charge in [-0.1, -0.05) is 12.1 Å². The molecule has 1 aliphatic heterocycles. The number of carbonyl (C=O) groups excluding carboxylic acids is 1. The van der Waals surface area contributed by atoms with Crippen molar-refractivity contribution in [1.29, 1.82) is 0 Å². The maximum atomic E-state index is 15.4. The van der Waals surface area contributed by atoms with Crippen LogP contribution < -0.4 is 5.32 Å². The number of halogens is 2. The molecule has 2 fully saturated rings. The van der Waals surface area contributed by atoms with Gasteiger partial charge in [0.15, 0.2) is 11.4 Å². The van der Waals surface area contributed by atoms with Crippen molar-refractivity contribution in [1.82, 2.24) is 9.88 Å². The highest BCUT2D eigenvalue weighted by atomic mass is 19.1. The summed E-state index contributed by atoms with van der Waals surface area (Å²) in [5.41, 5.74) is 1.67. The number of carboxylic acid groups (broad SMARTS) is 1. The fourth-order valence-corrected chi connectivity index (χ4v) is 5.70. The van der Waals surface area contributed by atoms with Gasteiger partial charge in [0.1, 0.15) is 11.3 Å². The standard InChI is InChI=1S/C29H33F2N3O5/c1-16-3-8-20(30)14-24(16)33-29-32-23-12-7-19(26(31)27(23)39-29)13-25(35)34-17(2)4-9-21(34)15-38-22-10-5-18(6-11-22)28(36)37/h3,7-8,12,14,17-18,21-22H,4-6,9-11,13,15H2,1-2H3,(H,32,33)(H,36,37)/t17-,18?,21-,22?/m0/s1. The maximum Gasteiger partial charge on any atom is 0.306 e. The van der Waals surface area contributed by atoms with Gasteiger partial charge in [-0.2, -0.15) is 4.98 Å². The van der Waals surface area contributed by atoms with Crippen molar-refractivity contribution in [3.63, 3.8) is 0 Å². The molecule has 39 heavy (non-hydrogen) atoms. The molecule has 0 spiro atoms. The molecular weight excluding hydrogens is 508 g/mol. The van der Waals surface area contributed by atoms with E-state index in [1.54, 1.807) is 30.0 Å². The van der Waals surface area contributed by atoms with E-state index in [1.165, 1.54) is 12.1 Å². The van der Waals surface area contributed by atoms with Crippen LogP contribution in [0.2, 0.25) is 0 Å². The van der Waals surface area contributed by atoms with Crippen LogP contribution in [0.3, 0.4) is 0 Å². The van der Waals surface area contributed by atoms with Gasteiger partial charge in [-0.25, -0.2) is 8.78 Å². The summed E-state index contributed by atoms with van der Waals surface area (Å²) in [6.07, 6.45) is 4.12. The lowest BCUT2D eigenvalue weighted by Gasteiger charge is -2.31. The highest BCUT2D eigenvalue weighted by Crippen LogP contribution is 2.31. The summed E-state index contributed by atoms with van der Waals surface area (Å²) in [7, 11) is 0. The lowest BCUT2D eigenvalue weighted by molar-refractivity contribution is -0.144. The number of ether oxygens (including phenoxy) is 1. The molecule has 1 aliphatic carbocycles. The number of fused-ring (bicyclic) bond motifs is 1. The highest BCUT2D eigenvalue weighted by Gasteiger charge is 2.36. The molecular formula is C29H33F2N3O5. The number of oxazole rings is 1. The summed E-state index contributed by atoms with van der Waals surface area (Å²) in [4.78, 5) is 30.6. The molecule has 5 rings (SSSR count). The Hall–Kier alpha value is -3.53. The molecule has 1 amide bonds. The Bertz CT molecular complexity index is 1370. The number of hydrogen-bond donors (Lipinski definition) is 2. The van der Waals surface area contributed by atoms with Crippen LogP contribution in [-0.4, -0.2) is 51.7 Å². The van der Waals surface area contributed by atoms with Gasteiger partial charge in [-0.15, -0.1) is 0 Å². The first-order chi connectivity index (χ1) is 18.7. The summed E-state index contributed by atoms with van der Waals surface area (Å²) in [6, 6.07) is 7.36. The van der Waals surface area contributed by atoms with Crippen molar-refractivity contribution in [2.75, 3.05) is 11.9 Å². The zero-order chi connectivity index (χ0) is 27.7. The summed E-state index contributed by atoms with van der Waals surface area (Å²) in [5.74, 6) is -2.30. The molecule has 2 atom stereocenters. The summed E-state index contributed by atoms with van der Waals surface area (Å²) in [5, 5.41) is 12.1. The van der Waals surface area contributed by atoms with Gasteiger partial charge in [0, 0.05) is 17.3 Å². The molecule has 1 aromatic heterocycles. The van der Waals surface area contributed by atoms with Crippen LogP contribution in [0.4, 0.5) is 20.5 Å². The van der Waals surface area contributed by atoms with Gasteiger partial charge in [0.05, 0.1) is 31.1 Å². The number of nitrogens with one attached hydrogen (secondary N) is 1. The number of carbonyl (C=O) groups is 2. The van der Waals surface area contributed by atoms with Crippen molar-refractivity contribution in [2.24, 2.45) is 5.92 Å².